The fourth-order valence-electron chi connectivity index (χ4n) is 2.11. The van der Waals surface area contributed by atoms with E-state index in [0.29, 0.717) is 5.56 Å². The number of rotatable bonds is 6. The highest BCUT2D eigenvalue weighted by Gasteiger charge is 2.41. The van der Waals surface area contributed by atoms with Crippen LogP contribution >= 0.6 is 0 Å². The van der Waals surface area contributed by atoms with E-state index in [-0.39, 0.29) is 12.0 Å². The molecule has 4 nitrogen and oxygen atoms in total. The molecule has 0 amide bonds. The molecule has 0 heterocycles. The molecule has 0 atom stereocenters. The van der Waals surface area contributed by atoms with E-state index in [1.165, 1.54) is 0 Å². The van der Waals surface area contributed by atoms with Crippen LogP contribution in [0.5, 0.6) is 5.75 Å². The van der Waals surface area contributed by atoms with Crippen molar-refractivity contribution in [1.29, 1.82) is 5.26 Å². The number of methoxy groups -OCH3 is 1. The van der Waals surface area contributed by atoms with Gasteiger partial charge in [0, 0.05) is 19.2 Å². The zero-order valence-corrected chi connectivity index (χ0v) is 10.6. The molecule has 0 spiro atoms. The summed E-state index contributed by atoms with van der Waals surface area (Å²) in [5.41, 5.74) is 1.65. The first-order valence-electron chi connectivity index (χ1n) is 6.16. The molecule has 1 saturated carbocycles. The van der Waals surface area contributed by atoms with Crippen LogP contribution in [0.25, 0.3) is 0 Å². The Morgan fingerprint density at radius 2 is 2.28 bits per heavy atom. The Bertz CT molecular complexity index is 461. The topological polar surface area (TPSA) is 65.3 Å². The molecule has 18 heavy (non-hydrogen) atoms. The van der Waals surface area contributed by atoms with Crippen LogP contribution in [0.15, 0.2) is 18.2 Å². The lowest BCUT2D eigenvalue weighted by Crippen LogP contribution is -2.17. The maximum absolute atomic E-state index is 9.06. The molecule has 1 aliphatic carbocycles. The Hall–Kier alpha value is -1.73. The summed E-state index contributed by atoms with van der Waals surface area (Å²) in [7, 11) is 1.61. The third-order valence-electron chi connectivity index (χ3n) is 3.60. The molecule has 0 unspecified atom stereocenters. The van der Waals surface area contributed by atoms with Crippen molar-refractivity contribution in [3.8, 4) is 11.8 Å². The second-order valence-corrected chi connectivity index (χ2v) is 4.85. The maximum Gasteiger partial charge on any atom is 0.121 e. The number of ether oxygens (including phenoxy) is 1. The zero-order valence-electron chi connectivity index (χ0n) is 10.6. The predicted octanol–water partition coefficient (Wildman–Crippen LogP) is 2.14. The van der Waals surface area contributed by atoms with Crippen molar-refractivity contribution in [2.24, 2.45) is 5.41 Å². The second kappa shape index (κ2) is 5.28. The van der Waals surface area contributed by atoms with Gasteiger partial charge in [0.05, 0.1) is 18.4 Å². The van der Waals surface area contributed by atoms with E-state index >= 15 is 0 Å². The average Bonchev–Trinajstić information content (AvgIpc) is 3.16. The standard InChI is InChI=1S/C14H18N2O2/c1-18-12-3-2-11(9-15)13(8-12)16-10-14(4-5-14)6-7-17/h2-3,8,16-17H,4-7,10H2,1H3. The first-order valence-corrected chi connectivity index (χ1v) is 6.16. The number of nitrogens with one attached hydrogen (secondary N) is 1. The van der Waals surface area contributed by atoms with E-state index in [9.17, 15) is 0 Å². The van der Waals surface area contributed by atoms with Gasteiger partial charge in [-0.05, 0) is 36.8 Å². The highest BCUT2D eigenvalue weighted by molar-refractivity contribution is 5.60. The molecule has 0 radical (unpaired) electrons. The van der Waals surface area contributed by atoms with Crippen LogP contribution in [0.2, 0.25) is 0 Å². The normalized spacial score (nSPS) is 15.8. The summed E-state index contributed by atoms with van der Waals surface area (Å²) >= 11 is 0. The van der Waals surface area contributed by atoms with Gasteiger partial charge < -0.3 is 15.2 Å². The van der Waals surface area contributed by atoms with Gasteiger partial charge in [0.25, 0.3) is 0 Å². The molecule has 1 aromatic carbocycles. The predicted molar refractivity (Wildman–Crippen MR) is 69.6 cm³/mol. The average molecular weight is 246 g/mol. The molecule has 0 aromatic heterocycles. The minimum atomic E-state index is 0.227. The SMILES string of the molecule is COc1ccc(C#N)c(NCC2(CCO)CC2)c1. The monoisotopic (exact) mass is 246 g/mol. The summed E-state index contributed by atoms with van der Waals surface area (Å²) in [4.78, 5) is 0. The molecule has 2 rings (SSSR count). The molecular formula is C14H18N2O2. The summed E-state index contributed by atoms with van der Waals surface area (Å²) in [5.74, 6) is 0.739. The molecule has 2 N–H and O–H groups in total. The largest absolute Gasteiger partial charge is 0.497 e. The van der Waals surface area contributed by atoms with Crippen molar-refractivity contribution < 1.29 is 9.84 Å². The lowest BCUT2D eigenvalue weighted by atomic mass is 10.0. The Labute approximate surface area is 107 Å². The number of benzene rings is 1. The number of aliphatic hydroxyl groups excluding tert-OH is 1. The van der Waals surface area contributed by atoms with Crippen LogP contribution in [0, 0.1) is 16.7 Å². The minimum Gasteiger partial charge on any atom is -0.497 e. The number of hydrogen-bond donors (Lipinski definition) is 2. The first-order chi connectivity index (χ1) is 8.73. The van der Waals surface area contributed by atoms with Gasteiger partial charge in [-0.3, -0.25) is 0 Å². The molecular weight excluding hydrogens is 228 g/mol. The van der Waals surface area contributed by atoms with Gasteiger partial charge in [0.1, 0.15) is 11.8 Å². The van der Waals surface area contributed by atoms with Crippen molar-refractivity contribution >= 4 is 5.69 Å². The van der Waals surface area contributed by atoms with Crippen LogP contribution in [-0.4, -0.2) is 25.4 Å². The first kappa shape index (κ1) is 12.7. The lowest BCUT2D eigenvalue weighted by molar-refractivity contribution is 0.253. The molecule has 1 fully saturated rings. The van der Waals surface area contributed by atoms with Crippen molar-refractivity contribution in [3.63, 3.8) is 0 Å². The molecule has 0 bridgehead atoms. The van der Waals surface area contributed by atoms with Crippen LogP contribution in [0.4, 0.5) is 5.69 Å². The Morgan fingerprint density at radius 3 is 2.83 bits per heavy atom. The van der Waals surface area contributed by atoms with Crippen molar-refractivity contribution in [1.82, 2.24) is 0 Å². The minimum absolute atomic E-state index is 0.227. The second-order valence-electron chi connectivity index (χ2n) is 4.85. The van der Waals surface area contributed by atoms with E-state index in [4.69, 9.17) is 15.1 Å². The summed E-state index contributed by atoms with van der Waals surface area (Å²) < 4.78 is 5.16. The summed E-state index contributed by atoms with van der Waals surface area (Å²) in [6.07, 6.45) is 3.12. The van der Waals surface area contributed by atoms with E-state index < -0.39 is 0 Å². The van der Waals surface area contributed by atoms with Crippen molar-refractivity contribution in [2.75, 3.05) is 25.6 Å². The Balaban J connectivity index is 2.06. The van der Waals surface area contributed by atoms with Crippen molar-refractivity contribution in [2.45, 2.75) is 19.3 Å². The quantitative estimate of drug-likeness (QED) is 0.807. The van der Waals surface area contributed by atoms with Gasteiger partial charge >= 0.3 is 0 Å². The summed E-state index contributed by atoms with van der Waals surface area (Å²) in [6.45, 7) is 1.03. The fourth-order valence-corrected chi connectivity index (χ4v) is 2.11. The molecule has 96 valence electrons. The Kier molecular flexibility index (Phi) is 3.73. The molecule has 0 aliphatic heterocycles. The lowest BCUT2D eigenvalue weighted by Gasteiger charge is -2.16. The Morgan fingerprint density at radius 1 is 1.50 bits per heavy atom. The van der Waals surface area contributed by atoms with E-state index in [1.54, 1.807) is 19.2 Å². The van der Waals surface area contributed by atoms with Gasteiger partial charge in [-0.25, -0.2) is 0 Å². The number of hydrogen-bond acceptors (Lipinski definition) is 4. The van der Waals surface area contributed by atoms with E-state index in [0.717, 1.165) is 37.2 Å². The smallest absolute Gasteiger partial charge is 0.121 e. The van der Waals surface area contributed by atoms with Gasteiger partial charge in [-0.1, -0.05) is 0 Å². The summed E-state index contributed by atoms with van der Waals surface area (Å²) in [6, 6.07) is 7.55. The number of anilines is 1. The van der Waals surface area contributed by atoms with Crippen LogP contribution in [-0.2, 0) is 0 Å². The van der Waals surface area contributed by atoms with Gasteiger partial charge in [-0.15, -0.1) is 0 Å². The van der Waals surface area contributed by atoms with E-state index in [2.05, 4.69) is 11.4 Å². The van der Waals surface area contributed by atoms with Crippen LogP contribution in [0.3, 0.4) is 0 Å². The van der Waals surface area contributed by atoms with E-state index in [1.807, 2.05) is 6.07 Å². The number of nitriles is 1. The zero-order chi connectivity index (χ0) is 13.0. The highest BCUT2D eigenvalue weighted by atomic mass is 16.5. The molecule has 0 saturated heterocycles. The fraction of sp³-hybridized carbons (Fsp3) is 0.500. The van der Waals surface area contributed by atoms with Crippen molar-refractivity contribution in [3.05, 3.63) is 23.8 Å². The third-order valence-corrected chi connectivity index (χ3v) is 3.60. The van der Waals surface area contributed by atoms with Gasteiger partial charge in [-0.2, -0.15) is 5.26 Å². The van der Waals surface area contributed by atoms with Gasteiger partial charge in [0.2, 0.25) is 0 Å². The highest BCUT2D eigenvalue weighted by Crippen LogP contribution is 2.48. The summed E-state index contributed by atoms with van der Waals surface area (Å²) in [5, 5.41) is 21.4. The third kappa shape index (κ3) is 2.74. The number of aliphatic hydroxyl groups is 1. The van der Waals surface area contributed by atoms with Gasteiger partial charge in [0.15, 0.2) is 0 Å². The van der Waals surface area contributed by atoms with Crippen LogP contribution < -0.4 is 10.1 Å². The van der Waals surface area contributed by atoms with Crippen LogP contribution in [0.1, 0.15) is 24.8 Å². The molecule has 1 aromatic rings. The maximum atomic E-state index is 9.06. The number of nitrogens with zero attached hydrogens (tertiary/aromatic N) is 1. The molecule has 4 heteroatoms. The molecule has 1 aliphatic rings.